The van der Waals surface area contributed by atoms with Gasteiger partial charge in [0.25, 0.3) is 5.91 Å². The second kappa shape index (κ2) is 9.77. The summed E-state index contributed by atoms with van der Waals surface area (Å²) in [4.78, 5) is 29.0. The standard InChI is InChI=1S/C24H32N8O3/c1-24(2,3)35-23(34)28-16-8-6-5-7-15(16)26-19-13-17(20(21(25)33)31-30-19)27-18-10-9-14-11-12-32(4)22(14)29-18/h9-13,15-16H,5-8H2,1-4H3,(H2,25,33)(H,28,34)(H2,26,27,29,30)/t15-,16+/m1/s1. The Labute approximate surface area is 203 Å². The molecule has 0 radical (unpaired) electrons. The first-order valence-electron chi connectivity index (χ1n) is 11.7. The van der Waals surface area contributed by atoms with E-state index in [2.05, 4.69) is 31.1 Å². The average Bonchev–Trinajstić information content (AvgIpc) is 3.14. The molecule has 11 heteroatoms. The molecule has 5 N–H and O–H groups in total. The second-order valence-corrected chi connectivity index (χ2v) is 9.81. The summed E-state index contributed by atoms with van der Waals surface area (Å²) in [6.45, 7) is 5.49. The van der Waals surface area contributed by atoms with E-state index in [1.54, 1.807) is 6.07 Å². The van der Waals surface area contributed by atoms with Crippen molar-refractivity contribution in [1.82, 2.24) is 25.1 Å². The van der Waals surface area contributed by atoms with Crippen LogP contribution < -0.4 is 21.7 Å². The van der Waals surface area contributed by atoms with Crippen molar-refractivity contribution in [2.45, 2.75) is 64.1 Å². The van der Waals surface area contributed by atoms with Crippen molar-refractivity contribution in [3.05, 3.63) is 36.2 Å². The number of nitrogens with two attached hydrogens (primary N) is 1. The van der Waals surface area contributed by atoms with Gasteiger partial charge in [0, 0.05) is 30.7 Å². The molecule has 35 heavy (non-hydrogen) atoms. The Kier molecular flexibility index (Phi) is 6.77. The number of aryl methyl sites for hydroxylation is 1. The first-order valence-corrected chi connectivity index (χ1v) is 11.7. The van der Waals surface area contributed by atoms with Gasteiger partial charge in [-0.1, -0.05) is 12.8 Å². The van der Waals surface area contributed by atoms with E-state index in [0.29, 0.717) is 17.3 Å². The van der Waals surface area contributed by atoms with Gasteiger partial charge >= 0.3 is 6.09 Å². The topological polar surface area (TPSA) is 149 Å². The largest absolute Gasteiger partial charge is 0.444 e. The quantitative estimate of drug-likeness (QED) is 0.419. The van der Waals surface area contributed by atoms with Gasteiger partial charge in [0.05, 0.1) is 11.7 Å². The van der Waals surface area contributed by atoms with Crippen LogP contribution in [0.3, 0.4) is 0 Å². The fourth-order valence-electron chi connectivity index (χ4n) is 4.21. The molecule has 1 aliphatic rings. The lowest BCUT2D eigenvalue weighted by Crippen LogP contribution is -2.49. The highest BCUT2D eigenvalue weighted by molar-refractivity contribution is 5.97. The summed E-state index contributed by atoms with van der Waals surface area (Å²) < 4.78 is 7.33. The number of carbonyl (C=O) groups is 2. The maximum absolute atomic E-state index is 12.3. The lowest BCUT2D eigenvalue weighted by Gasteiger charge is -2.33. The summed E-state index contributed by atoms with van der Waals surface area (Å²) in [5, 5.41) is 18.7. The monoisotopic (exact) mass is 480 g/mol. The molecule has 4 rings (SSSR count). The summed E-state index contributed by atoms with van der Waals surface area (Å²) in [5.74, 6) is 0.303. The molecule has 0 saturated heterocycles. The lowest BCUT2D eigenvalue weighted by atomic mass is 9.90. The molecule has 1 fully saturated rings. The van der Waals surface area contributed by atoms with Crippen LogP contribution in [-0.4, -0.2) is 49.4 Å². The minimum atomic E-state index is -0.700. The average molecular weight is 481 g/mol. The minimum absolute atomic E-state index is 0.0106. The summed E-state index contributed by atoms with van der Waals surface area (Å²) >= 11 is 0. The van der Waals surface area contributed by atoms with Crippen LogP contribution in [0.25, 0.3) is 11.0 Å². The number of aromatic nitrogens is 4. The van der Waals surface area contributed by atoms with Crippen molar-refractivity contribution in [2.75, 3.05) is 10.6 Å². The van der Waals surface area contributed by atoms with Gasteiger partial charge in [-0.2, -0.15) is 0 Å². The SMILES string of the molecule is Cn1ccc2ccc(Nc3cc(N[C@@H]4CCCC[C@@H]4NC(=O)OC(C)(C)C)nnc3C(N)=O)nc21. The number of hydrogen-bond acceptors (Lipinski definition) is 8. The van der Waals surface area contributed by atoms with Crippen LogP contribution in [0.4, 0.5) is 22.1 Å². The number of carbonyl (C=O) groups excluding carboxylic acids is 2. The number of hydrogen-bond donors (Lipinski definition) is 4. The summed E-state index contributed by atoms with van der Waals surface area (Å²) in [5.41, 5.74) is 6.17. The molecule has 0 aliphatic heterocycles. The number of pyridine rings is 1. The van der Waals surface area contributed by atoms with Crippen molar-refractivity contribution in [1.29, 1.82) is 0 Å². The van der Waals surface area contributed by atoms with Crippen molar-refractivity contribution in [3.8, 4) is 0 Å². The Hall–Kier alpha value is -3.89. The molecule has 0 spiro atoms. The molecule has 3 aromatic rings. The maximum Gasteiger partial charge on any atom is 0.407 e. The van der Waals surface area contributed by atoms with E-state index in [-0.39, 0.29) is 17.8 Å². The lowest BCUT2D eigenvalue weighted by molar-refractivity contribution is 0.0488. The molecule has 2 amide bonds. The molecule has 3 aromatic heterocycles. The van der Waals surface area contributed by atoms with E-state index in [1.165, 1.54) is 0 Å². The number of fused-ring (bicyclic) bond motifs is 1. The van der Waals surface area contributed by atoms with Gasteiger partial charge in [-0.25, -0.2) is 9.78 Å². The van der Waals surface area contributed by atoms with Crippen molar-refractivity contribution in [2.24, 2.45) is 12.8 Å². The van der Waals surface area contributed by atoms with Gasteiger partial charge in [-0.05, 0) is 51.8 Å². The van der Waals surface area contributed by atoms with Crippen LogP contribution in [0.1, 0.15) is 56.9 Å². The third-order valence-electron chi connectivity index (χ3n) is 5.81. The van der Waals surface area contributed by atoms with Crippen LogP contribution >= 0.6 is 0 Å². The third kappa shape index (κ3) is 5.97. The van der Waals surface area contributed by atoms with Crippen molar-refractivity contribution >= 4 is 40.4 Å². The molecule has 11 nitrogen and oxygen atoms in total. The number of rotatable bonds is 6. The van der Waals surface area contributed by atoms with Gasteiger partial charge in [-0.3, -0.25) is 4.79 Å². The Morgan fingerprint density at radius 2 is 1.83 bits per heavy atom. The summed E-state index contributed by atoms with van der Waals surface area (Å²) in [7, 11) is 1.91. The van der Waals surface area contributed by atoms with E-state index in [4.69, 9.17) is 10.5 Å². The van der Waals surface area contributed by atoms with Gasteiger partial charge in [0.2, 0.25) is 0 Å². The fraction of sp³-hybridized carbons (Fsp3) is 0.458. The number of ether oxygens (including phenoxy) is 1. The summed E-state index contributed by atoms with van der Waals surface area (Å²) in [6, 6.07) is 7.22. The molecule has 1 aliphatic carbocycles. The Balaban J connectivity index is 1.54. The molecule has 186 valence electrons. The zero-order valence-corrected chi connectivity index (χ0v) is 20.5. The first kappa shape index (κ1) is 24.2. The zero-order valence-electron chi connectivity index (χ0n) is 20.5. The molecule has 0 aromatic carbocycles. The van der Waals surface area contributed by atoms with Gasteiger partial charge < -0.3 is 31.0 Å². The highest BCUT2D eigenvalue weighted by Crippen LogP contribution is 2.26. The Morgan fingerprint density at radius 3 is 2.54 bits per heavy atom. The van der Waals surface area contributed by atoms with E-state index in [0.717, 1.165) is 36.7 Å². The Bertz CT molecular complexity index is 1230. The molecule has 2 atom stereocenters. The van der Waals surface area contributed by atoms with Crippen LogP contribution in [-0.2, 0) is 11.8 Å². The third-order valence-corrected chi connectivity index (χ3v) is 5.81. The number of nitrogens with zero attached hydrogens (tertiary/aromatic N) is 4. The first-order chi connectivity index (χ1) is 16.6. The fourth-order valence-corrected chi connectivity index (χ4v) is 4.21. The van der Waals surface area contributed by atoms with E-state index in [1.807, 2.05) is 56.8 Å². The van der Waals surface area contributed by atoms with Gasteiger partial charge in [0.15, 0.2) is 11.5 Å². The summed E-state index contributed by atoms with van der Waals surface area (Å²) in [6.07, 6.45) is 5.16. The highest BCUT2D eigenvalue weighted by Gasteiger charge is 2.29. The normalized spacial score (nSPS) is 18.2. The van der Waals surface area contributed by atoms with Gasteiger partial charge in [-0.15, -0.1) is 10.2 Å². The van der Waals surface area contributed by atoms with Gasteiger partial charge in [0.1, 0.15) is 17.1 Å². The number of alkyl carbamates (subject to hydrolysis) is 1. The second-order valence-electron chi connectivity index (χ2n) is 9.81. The van der Waals surface area contributed by atoms with Crippen molar-refractivity contribution < 1.29 is 14.3 Å². The van der Waals surface area contributed by atoms with E-state index < -0.39 is 17.6 Å². The van der Waals surface area contributed by atoms with E-state index in [9.17, 15) is 9.59 Å². The number of anilines is 3. The molecule has 1 saturated carbocycles. The molecule has 0 unspecified atom stereocenters. The number of primary amides is 1. The maximum atomic E-state index is 12.3. The Morgan fingerprint density at radius 1 is 1.09 bits per heavy atom. The van der Waals surface area contributed by atoms with Crippen LogP contribution in [0.15, 0.2) is 30.5 Å². The molecule has 3 heterocycles. The van der Waals surface area contributed by atoms with E-state index >= 15 is 0 Å². The minimum Gasteiger partial charge on any atom is -0.444 e. The van der Waals surface area contributed by atoms with Crippen molar-refractivity contribution in [3.63, 3.8) is 0 Å². The molecular weight excluding hydrogens is 448 g/mol. The predicted molar refractivity (Wildman–Crippen MR) is 134 cm³/mol. The molecular formula is C24H32N8O3. The van der Waals surface area contributed by atoms with Crippen LogP contribution in [0.5, 0.6) is 0 Å². The smallest absolute Gasteiger partial charge is 0.407 e. The van der Waals surface area contributed by atoms with Crippen LogP contribution in [0, 0.1) is 0 Å². The highest BCUT2D eigenvalue weighted by atomic mass is 16.6. The zero-order chi connectivity index (χ0) is 25.2. The number of nitrogens with one attached hydrogen (secondary N) is 3. The molecule has 0 bridgehead atoms. The predicted octanol–water partition coefficient (Wildman–Crippen LogP) is 3.45. The van der Waals surface area contributed by atoms with Crippen LogP contribution in [0.2, 0.25) is 0 Å². The number of amides is 2.